The van der Waals surface area contributed by atoms with Gasteiger partial charge in [-0.25, -0.2) is 24.5 Å². The molecular formula is C80H118Cl2LaN16O5. The van der Waals surface area contributed by atoms with Crippen molar-refractivity contribution in [3.8, 4) is 0 Å². The molecule has 8 aliphatic heterocycles. The number of anilines is 2. The zero-order valence-corrected chi connectivity index (χ0v) is 68.5. The molecule has 104 heavy (non-hydrogen) atoms. The predicted octanol–water partition coefficient (Wildman–Crippen LogP) is 12.5. The number of aromatic carboxylic acids is 1. The Morgan fingerprint density at radius 1 is 0.596 bits per heavy atom. The molecule has 21 nitrogen and oxygen atoms in total. The molecule has 10 heterocycles. The molecule has 8 fully saturated rings. The Hall–Kier alpha value is -4.99. The van der Waals surface area contributed by atoms with E-state index in [0.29, 0.717) is 44.9 Å². The molecule has 1 radical (unpaired) electrons. The molecule has 565 valence electrons. The summed E-state index contributed by atoms with van der Waals surface area (Å²) in [6.07, 6.45) is 22.3. The fourth-order valence-corrected chi connectivity index (χ4v) is 17.5. The Balaban J connectivity index is 0.000000178. The van der Waals surface area contributed by atoms with Crippen LogP contribution in [0.4, 0.5) is 22.7 Å². The van der Waals surface area contributed by atoms with Gasteiger partial charge in [-0.3, -0.25) is 14.8 Å². The number of pyridine rings is 2. The van der Waals surface area contributed by atoms with E-state index in [9.17, 15) is 14.7 Å². The molecule has 4 aromatic rings. The number of hydrogen-bond acceptors (Lipinski definition) is 17. The smallest absolute Gasteiger partial charge is 0.354 e. The van der Waals surface area contributed by atoms with Crippen LogP contribution in [0, 0.1) is 96.1 Å². The molecular weight excluding hydrogens is 1470 g/mol. The molecule has 2 saturated carbocycles. The second kappa shape index (κ2) is 42.1. The number of carbonyl (C=O) groups excluding carboxylic acids is 1. The number of amides is 1. The van der Waals surface area contributed by atoms with Crippen LogP contribution in [0.25, 0.3) is 9.69 Å². The molecule has 2 aromatic heterocycles. The van der Waals surface area contributed by atoms with Gasteiger partial charge in [0.2, 0.25) is 11.4 Å². The maximum absolute atomic E-state index is 13.3. The molecule has 2 aromatic carbocycles. The number of carboxylic acids is 1. The molecule has 6 saturated heterocycles. The molecule has 7 N–H and O–H groups in total. The fraction of sp³-hybridized carbons (Fsp3) is 0.650. The Kier molecular flexibility index (Phi) is 34.3. The third-order valence-electron chi connectivity index (χ3n) is 22.9. The van der Waals surface area contributed by atoms with Gasteiger partial charge in [-0.2, -0.15) is 10.2 Å². The van der Waals surface area contributed by atoms with Crippen molar-refractivity contribution in [3.63, 3.8) is 0 Å². The summed E-state index contributed by atoms with van der Waals surface area (Å²) < 4.78 is 4.94. The molecule has 9 atom stereocenters. The van der Waals surface area contributed by atoms with E-state index in [4.69, 9.17) is 72.8 Å². The quantitative estimate of drug-likeness (QED) is 0.0981. The first kappa shape index (κ1) is 84.6. The number of likely N-dealkylation sites (N-methyl/N-ethyl adjacent to an activating group) is 2. The van der Waals surface area contributed by atoms with Crippen molar-refractivity contribution >= 4 is 69.3 Å². The number of ether oxygens (including phenoxy) is 1. The van der Waals surface area contributed by atoms with Crippen molar-refractivity contribution in [1.82, 2.24) is 39.8 Å². The zero-order chi connectivity index (χ0) is 73.7. The minimum Gasteiger partial charge on any atom is -0.477 e. The van der Waals surface area contributed by atoms with Crippen molar-refractivity contribution in [3.05, 3.63) is 127 Å². The van der Waals surface area contributed by atoms with Crippen LogP contribution in [0.3, 0.4) is 0 Å². The number of halogens is 2. The molecule has 12 aliphatic rings. The van der Waals surface area contributed by atoms with Crippen molar-refractivity contribution in [2.75, 3.05) is 144 Å². The van der Waals surface area contributed by atoms with E-state index in [1.165, 1.54) is 142 Å². The fourth-order valence-electron chi connectivity index (χ4n) is 17.0. The summed E-state index contributed by atoms with van der Waals surface area (Å²) in [5.74, 6) is 4.19. The van der Waals surface area contributed by atoms with Crippen molar-refractivity contribution in [2.24, 2.45) is 69.0 Å². The van der Waals surface area contributed by atoms with E-state index in [1.54, 1.807) is 18.2 Å². The predicted molar refractivity (Wildman–Crippen MR) is 417 cm³/mol. The van der Waals surface area contributed by atoms with Gasteiger partial charge in [0.05, 0.1) is 59.4 Å². The topological polar surface area (TPSA) is 230 Å². The van der Waals surface area contributed by atoms with Gasteiger partial charge in [-0.05, 0) is 261 Å². The number of fused-ring (bicyclic) bond motifs is 6. The Morgan fingerprint density at radius 3 is 1.38 bits per heavy atom. The Labute approximate surface area is 658 Å². The van der Waals surface area contributed by atoms with Crippen LogP contribution in [-0.2, 0) is 17.6 Å². The summed E-state index contributed by atoms with van der Waals surface area (Å²) in [6.45, 7) is 34.8. The first-order valence-electron chi connectivity index (χ1n) is 38.3. The third kappa shape index (κ3) is 22.6. The molecule has 4 aliphatic carbocycles. The van der Waals surface area contributed by atoms with Gasteiger partial charge in [0.25, 0.3) is 5.91 Å². The normalized spacial score (nSPS) is 26.0. The number of aliphatic hydroxyl groups excluding tert-OH is 1. The number of hydrazone groups is 2. The first-order chi connectivity index (χ1) is 49.8. The number of aryl methyl sites for hydroxylation is 2. The van der Waals surface area contributed by atoms with Gasteiger partial charge in [-0.1, -0.05) is 74.9 Å². The Bertz CT molecular complexity index is 3520. The largest absolute Gasteiger partial charge is 0.477 e. The van der Waals surface area contributed by atoms with Crippen LogP contribution in [-0.4, -0.2) is 220 Å². The van der Waals surface area contributed by atoms with Crippen LogP contribution in [0.5, 0.6) is 0 Å². The van der Waals surface area contributed by atoms with Crippen LogP contribution in [0.2, 0.25) is 10.0 Å². The molecule has 4 unspecified atom stereocenters. The van der Waals surface area contributed by atoms with E-state index in [1.807, 2.05) is 48.3 Å². The van der Waals surface area contributed by atoms with Gasteiger partial charge in [0.15, 0.2) is 0 Å². The van der Waals surface area contributed by atoms with Crippen LogP contribution in [0.15, 0.2) is 70.9 Å². The van der Waals surface area contributed by atoms with Gasteiger partial charge < -0.3 is 56.2 Å². The average molecular weight is 1590 g/mol. The first-order valence-corrected chi connectivity index (χ1v) is 39.1. The van der Waals surface area contributed by atoms with Gasteiger partial charge >= 0.3 is 5.97 Å². The summed E-state index contributed by atoms with van der Waals surface area (Å²) in [4.78, 5) is 52.0. The van der Waals surface area contributed by atoms with Crippen LogP contribution < -0.4 is 26.8 Å². The monoisotopic (exact) mass is 1590 g/mol. The summed E-state index contributed by atoms with van der Waals surface area (Å²) >= 11 is 12.8. The average Bonchev–Trinajstić information content (AvgIpc) is 1.60. The molecule has 1 amide bonds. The van der Waals surface area contributed by atoms with Crippen LogP contribution in [0.1, 0.15) is 166 Å². The van der Waals surface area contributed by atoms with Gasteiger partial charge in [0.1, 0.15) is 11.4 Å². The molecule has 24 heteroatoms. The van der Waals surface area contributed by atoms with E-state index in [0.717, 1.165) is 148 Å². The number of benzene rings is 2. The number of nitrogens with two attached hydrogens (primary N) is 2. The van der Waals surface area contributed by atoms with Crippen molar-refractivity contribution < 1.29 is 60.1 Å². The summed E-state index contributed by atoms with van der Waals surface area (Å²) in [5, 5.41) is 35.0. The van der Waals surface area contributed by atoms with Crippen molar-refractivity contribution in [1.29, 1.82) is 0 Å². The number of nitrogens with one attached hydrogen (secondary N) is 1. The number of nitrogens with zero attached hydrogens (tertiary/aromatic N) is 13. The number of likely N-dealkylation sites (tertiary alicyclic amines) is 4. The minimum absolute atomic E-state index is 0. The van der Waals surface area contributed by atoms with E-state index in [-0.39, 0.29) is 71.2 Å². The summed E-state index contributed by atoms with van der Waals surface area (Å²) in [6, 6.07) is 19.3. The van der Waals surface area contributed by atoms with Crippen LogP contribution >= 0.6 is 23.2 Å². The molecule has 0 bridgehead atoms. The SMILES string of the molecule is C1CCOC1.CN1CC[C@@H](CN)C1.CN1CC[C@@H](CN)C1.CO.C[C@@H]1CCN(C)C1.C[C@@H]1CCNC1.[C-]#[N+]c1ccc(N2N=C3c4ccc(C(=O)N(C)[C@@H]5CCN(C)C5)nc4CCC3C2C2CCCC2)cc1Cl.[C-]#[N+]c1ccc(N2N=C3c4ccc(C(=O)O)nc4CCC3C2C2CCCC2)cc1Cl.[La]. The van der Waals surface area contributed by atoms with E-state index >= 15 is 0 Å². The third-order valence-corrected chi connectivity index (χ3v) is 23.5. The number of carbonyl (C=O) groups is 2. The minimum atomic E-state index is -1.01. The maximum atomic E-state index is 13.3. The van der Waals surface area contributed by atoms with Gasteiger partial charge in [0, 0.05) is 128 Å². The summed E-state index contributed by atoms with van der Waals surface area (Å²) in [7, 11) is 11.5. The number of aliphatic hydroxyl groups is 1. The second-order valence-corrected chi connectivity index (χ2v) is 31.5. The number of hydrogen-bond donors (Lipinski definition) is 5. The van der Waals surface area contributed by atoms with Gasteiger partial charge in [-0.15, -0.1) is 0 Å². The van der Waals surface area contributed by atoms with E-state index < -0.39 is 5.97 Å². The second-order valence-electron chi connectivity index (χ2n) is 30.7. The number of rotatable bonds is 9. The standard InChI is InChI=1S/C29H33ClN6O.C23H21ClN4O2.2C6H14N2.C6H13N.C5H11N.C4H8O.CH4O.La/c1-31-25-11-8-19(16-23(25)30)36-28(18-6-4-5-7-18)22-10-12-24-21(27(22)33-36)9-13-26(32-24)29(37)35(3)20-14-15-34(2)17-20;1-25-19-9-6-14(12-17(19)24)28-22(13-4-2-3-5-13)16-8-10-18-15(21(16)27-28)7-11-20(26-18)23(29)30;2*1-8-3-2-6(4-7)5-8;1-6-3-4-7(2)5-6;1-5-2-3-6-4-5;1-2-4-5-3-1;1-2;/h8-9,11,13,16,18,20,22,28H,4-7,10,12,14-15,17H2,2-3H3;6-7,9,11-13,16,22H,2-5,8,10H2,(H,29,30);2*6H,2-5,7H2,1H3;6H,3-5H2,1-2H3;5-6H,2-4H2,1H3;1-4H2;2H,1H3;/t20-,22?,28?;;3*6-;5-;;;/m1.0011.../s1. The molecule has 16 rings (SSSR count). The van der Waals surface area contributed by atoms with Crippen molar-refractivity contribution in [2.45, 2.75) is 154 Å². The number of carboxylic acid groups (broad SMARTS) is 1. The Morgan fingerprint density at radius 2 is 1.05 bits per heavy atom. The van der Waals surface area contributed by atoms with E-state index in [2.05, 4.69) is 97.7 Å². The number of aromatic nitrogens is 2. The molecule has 0 spiro atoms. The maximum Gasteiger partial charge on any atom is 0.354 e. The summed E-state index contributed by atoms with van der Waals surface area (Å²) in [5.41, 5.74) is 20.2. The zero-order valence-electron chi connectivity index (χ0n) is 63.4.